The summed E-state index contributed by atoms with van der Waals surface area (Å²) in [6.45, 7) is 3.76. The Balaban J connectivity index is 1.49. The summed E-state index contributed by atoms with van der Waals surface area (Å²) in [4.78, 5) is 24.0. The van der Waals surface area contributed by atoms with Gasteiger partial charge in [-0.2, -0.15) is 0 Å². The fourth-order valence-corrected chi connectivity index (χ4v) is 2.57. The van der Waals surface area contributed by atoms with Crippen molar-refractivity contribution >= 4 is 5.97 Å². The van der Waals surface area contributed by atoms with E-state index in [2.05, 4.69) is 0 Å². The molecule has 29 heavy (non-hydrogen) atoms. The first kappa shape index (κ1) is 20.2. The lowest BCUT2D eigenvalue weighted by Gasteiger charge is -2.10. The molecule has 0 saturated heterocycles. The maximum absolute atomic E-state index is 12.1. The van der Waals surface area contributed by atoms with E-state index in [0.717, 1.165) is 16.7 Å². The summed E-state index contributed by atoms with van der Waals surface area (Å²) in [5, 5.41) is 0. The fraction of sp³-hybridized carbons (Fsp3) is 0.217. The number of carbonyl (C=O) groups is 1. The Morgan fingerprint density at radius 3 is 2.48 bits per heavy atom. The second-order valence-corrected chi connectivity index (χ2v) is 6.50. The predicted octanol–water partition coefficient (Wildman–Crippen LogP) is 3.96. The van der Waals surface area contributed by atoms with Crippen LogP contribution in [0, 0.1) is 13.8 Å². The van der Waals surface area contributed by atoms with Gasteiger partial charge in [0.25, 0.3) is 0 Å². The molecule has 0 aliphatic rings. The largest absolute Gasteiger partial charge is 0.482 e. The molecule has 150 valence electrons. The lowest BCUT2D eigenvalue weighted by Crippen LogP contribution is -2.16. The lowest BCUT2D eigenvalue weighted by molar-refractivity contribution is -0.147. The van der Waals surface area contributed by atoms with Gasteiger partial charge in [0, 0.05) is 6.07 Å². The molecule has 0 aliphatic carbocycles. The molecule has 3 rings (SSSR count). The van der Waals surface area contributed by atoms with Crippen LogP contribution in [0.3, 0.4) is 0 Å². The summed E-state index contributed by atoms with van der Waals surface area (Å²) >= 11 is 0. The molecule has 0 spiro atoms. The second kappa shape index (κ2) is 9.59. The summed E-state index contributed by atoms with van der Waals surface area (Å²) in [6, 6.07) is 16.4. The molecule has 3 aromatic rings. The average molecular weight is 394 g/mol. The van der Waals surface area contributed by atoms with E-state index in [4.69, 9.17) is 18.6 Å². The van der Waals surface area contributed by atoms with Gasteiger partial charge in [-0.25, -0.2) is 4.79 Å². The number of carbonyl (C=O) groups excluding carboxylic acids is 1. The van der Waals surface area contributed by atoms with Crippen LogP contribution in [-0.2, 0) is 22.7 Å². The van der Waals surface area contributed by atoms with Crippen molar-refractivity contribution in [2.75, 3.05) is 6.61 Å². The van der Waals surface area contributed by atoms with E-state index in [-0.39, 0.29) is 36.8 Å². The van der Waals surface area contributed by atoms with Gasteiger partial charge in [-0.3, -0.25) is 4.79 Å². The smallest absolute Gasteiger partial charge is 0.344 e. The van der Waals surface area contributed by atoms with Crippen LogP contribution in [0.4, 0.5) is 0 Å². The minimum absolute atomic E-state index is 0.0992. The third-order valence-electron chi connectivity index (χ3n) is 4.37. The first-order valence-electron chi connectivity index (χ1n) is 9.16. The van der Waals surface area contributed by atoms with Crippen LogP contribution in [0.15, 0.2) is 70.1 Å². The van der Waals surface area contributed by atoms with Gasteiger partial charge < -0.3 is 18.6 Å². The quantitative estimate of drug-likeness (QED) is 0.539. The highest BCUT2D eigenvalue weighted by atomic mass is 16.6. The highest BCUT2D eigenvalue weighted by Crippen LogP contribution is 2.20. The van der Waals surface area contributed by atoms with Gasteiger partial charge in [0.15, 0.2) is 6.61 Å². The van der Waals surface area contributed by atoms with Crippen molar-refractivity contribution in [3.05, 3.63) is 93.5 Å². The Bertz CT molecular complexity index is 1020. The van der Waals surface area contributed by atoms with E-state index in [1.54, 1.807) is 6.07 Å². The van der Waals surface area contributed by atoms with Crippen LogP contribution >= 0.6 is 0 Å². The minimum atomic E-state index is -0.557. The summed E-state index contributed by atoms with van der Waals surface area (Å²) in [5.74, 6) is 0.399. The Morgan fingerprint density at radius 1 is 0.931 bits per heavy atom. The number of aryl methyl sites for hydroxylation is 1. The van der Waals surface area contributed by atoms with Crippen molar-refractivity contribution in [2.45, 2.75) is 27.1 Å². The van der Waals surface area contributed by atoms with Crippen molar-refractivity contribution < 1.29 is 23.4 Å². The van der Waals surface area contributed by atoms with Crippen LogP contribution in [0.25, 0.3) is 0 Å². The van der Waals surface area contributed by atoms with E-state index >= 15 is 0 Å². The Hall–Kier alpha value is -3.54. The topological polar surface area (TPSA) is 75.0 Å². The molecule has 0 atom stereocenters. The summed E-state index contributed by atoms with van der Waals surface area (Å²) in [5.41, 5.74) is 2.64. The zero-order valence-corrected chi connectivity index (χ0v) is 16.3. The van der Waals surface area contributed by atoms with Gasteiger partial charge in [0.1, 0.15) is 31.0 Å². The lowest BCUT2D eigenvalue weighted by atomic mass is 10.1. The van der Waals surface area contributed by atoms with Crippen molar-refractivity contribution in [1.29, 1.82) is 0 Å². The molecule has 0 N–H and O–H groups in total. The summed E-state index contributed by atoms with van der Waals surface area (Å²) in [7, 11) is 0. The van der Waals surface area contributed by atoms with Crippen LogP contribution < -0.4 is 14.9 Å². The molecule has 6 nitrogen and oxygen atoms in total. The van der Waals surface area contributed by atoms with Gasteiger partial charge in [0.2, 0.25) is 11.2 Å². The molecule has 0 radical (unpaired) electrons. The number of ether oxygens (including phenoxy) is 3. The number of hydrogen-bond acceptors (Lipinski definition) is 6. The zero-order chi connectivity index (χ0) is 20.6. The van der Waals surface area contributed by atoms with Crippen molar-refractivity contribution in [1.82, 2.24) is 0 Å². The zero-order valence-electron chi connectivity index (χ0n) is 16.3. The maximum Gasteiger partial charge on any atom is 0.344 e. The molecule has 0 unspecified atom stereocenters. The Kier molecular flexibility index (Phi) is 6.68. The van der Waals surface area contributed by atoms with Crippen molar-refractivity contribution in [2.24, 2.45) is 0 Å². The van der Waals surface area contributed by atoms with Crippen LogP contribution in [0.5, 0.6) is 11.5 Å². The first-order chi connectivity index (χ1) is 14.0. The van der Waals surface area contributed by atoms with E-state index < -0.39 is 5.97 Å². The molecular formula is C23H22O6. The normalized spacial score (nSPS) is 10.4. The molecule has 0 fully saturated rings. The molecular weight excluding hydrogens is 372 g/mol. The average Bonchev–Trinajstić information content (AvgIpc) is 2.73. The van der Waals surface area contributed by atoms with E-state index in [9.17, 15) is 9.59 Å². The van der Waals surface area contributed by atoms with Crippen molar-refractivity contribution in [3.8, 4) is 11.5 Å². The molecule has 0 aliphatic heterocycles. The van der Waals surface area contributed by atoms with Crippen LogP contribution in [0.1, 0.15) is 22.5 Å². The van der Waals surface area contributed by atoms with Gasteiger partial charge >= 0.3 is 5.97 Å². The maximum atomic E-state index is 12.1. The second-order valence-electron chi connectivity index (χ2n) is 6.50. The molecule has 0 bridgehead atoms. The molecule has 2 aromatic carbocycles. The molecule has 6 heteroatoms. The van der Waals surface area contributed by atoms with E-state index in [0.29, 0.717) is 5.75 Å². The number of rotatable bonds is 8. The molecule has 0 amide bonds. The predicted molar refractivity (Wildman–Crippen MR) is 107 cm³/mol. The van der Waals surface area contributed by atoms with Crippen molar-refractivity contribution in [3.63, 3.8) is 0 Å². The third-order valence-corrected chi connectivity index (χ3v) is 4.37. The summed E-state index contributed by atoms with van der Waals surface area (Å²) < 4.78 is 21.4. The third kappa shape index (κ3) is 5.72. The minimum Gasteiger partial charge on any atom is -0.482 e. The standard InChI is InChI=1S/C23H22O6/c1-16-7-6-10-21(17(16)2)28-15-23(25)29-13-19-11-20(24)22(14-26-19)27-12-18-8-4-3-5-9-18/h3-11,14H,12-13,15H2,1-2H3. The van der Waals surface area contributed by atoms with E-state index in [1.165, 1.54) is 12.3 Å². The van der Waals surface area contributed by atoms with Crippen LogP contribution in [-0.4, -0.2) is 12.6 Å². The number of esters is 1. The summed E-state index contributed by atoms with van der Waals surface area (Å²) in [6.07, 6.45) is 1.22. The van der Waals surface area contributed by atoms with Gasteiger partial charge in [-0.15, -0.1) is 0 Å². The van der Waals surface area contributed by atoms with Gasteiger partial charge in [-0.05, 0) is 36.6 Å². The Labute approximate surface area is 168 Å². The first-order valence-corrected chi connectivity index (χ1v) is 9.16. The van der Waals surface area contributed by atoms with Gasteiger partial charge in [-0.1, -0.05) is 42.5 Å². The Morgan fingerprint density at radius 2 is 1.72 bits per heavy atom. The highest BCUT2D eigenvalue weighted by molar-refractivity contribution is 5.71. The van der Waals surface area contributed by atoms with Crippen LogP contribution in [0.2, 0.25) is 0 Å². The SMILES string of the molecule is Cc1cccc(OCC(=O)OCc2cc(=O)c(OCc3ccccc3)co2)c1C. The molecule has 1 heterocycles. The number of benzene rings is 2. The highest BCUT2D eigenvalue weighted by Gasteiger charge is 2.10. The monoisotopic (exact) mass is 394 g/mol. The van der Waals surface area contributed by atoms with Gasteiger partial charge in [0.05, 0.1) is 0 Å². The fourth-order valence-electron chi connectivity index (χ4n) is 2.57. The molecule has 1 aromatic heterocycles. The molecule has 0 saturated carbocycles. The number of hydrogen-bond donors (Lipinski definition) is 0. The van der Waals surface area contributed by atoms with E-state index in [1.807, 2.05) is 56.3 Å².